The van der Waals surface area contributed by atoms with Crippen molar-refractivity contribution in [1.29, 1.82) is 0 Å². The second-order valence-electron chi connectivity index (χ2n) is 2.85. The minimum atomic E-state index is 0.522. The van der Waals surface area contributed by atoms with Gasteiger partial charge in [-0.1, -0.05) is 49.1 Å². The molecule has 0 saturated carbocycles. The van der Waals surface area contributed by atoms with Crippen LogP contribution in [0.4, 0.5) is 0 Å². The van der Waals surface area contributed by atoms with Gasteiger partial charge in [-0.3, -0.25) is 0 Å². The van der Waals surface area contributed by atoms with E-state index < -0.39 is 0 Å². The van der Waals surface area contributed by atoms with Gasteiger partial charge in [0, 0.05) is 5.38 Å². The molecule has 2 nitrogen and oxygen atoms in total. The average molecular weight is 220 g/mol. The van der Waals surface area contributed by atoms with Crippen molar-refractivity contribution in [1.82, 2.24) is 4.98 Å². The van der Waals surface area contributed by atoms with Gasteiger partial charge in [0.05, 0.1) is 6.61 Å². The van der Waals surface area contributed by atoms with E-state index in [0.717, 1.165) is 13.0 Å². The number of rotatable bonds is 6. The van der Waals surface area contributed by atoms with Crippen molar-refractivity contribution in [2.24, 2.45) is 0 Å². The fourth-order valence-corrected chi connectivity index (χ4v) is 1.81. The van der Waals surface area contributed by atoms with Gasteiger partial charge in [0.1, 0.15) is 5.15 Å². The summed E-state index contributed by atoms with van der Waals surface area (Å²) in [7, 11) is 0. The molecule has 0 unspecified atom stereocenters. The van der Waals surface area contributed by atoms with Gasteiger partial charge in [-0.05, 0) is 6.42 Å². The van der Waals surface area contributed by atoms with Crippen LogP contribution in [0.15, 0.2) is 5.38 Å². The predicted octanol–water partition coefficient (Wildman–Crippen LogP) is 3.76. The Morgan fingerprint density at radius 2 is 2.31 bits per heavy atom. The summed E-state index contributed by atoms with van der Waals surface area (Å²) in [4.78, 5) is 3.99. The monoisotopic (exact) mass is 219 g/mol. The number of nitrogens with zero attached hydrogens (tertiary/aromatic N) is 1. The van der Waals surface area contributed by atoms with Crippen molar-refractivity contribution in [3.63, 3.8) is 0 Å². The molecule has 0 saturated heterocycles. The van der Waals surface area contributed by atoms with Crippen molar-refractivity contribution < 1.29 is 4.74 Å². The lowest BCUT2D eigenvalue weighted by Gasteiger charge is -2.00. The van der Waals surface area contributed by atoms with E-state index in [9.17, 15) is 0 Å². The fraction of sp³-hybridized carbons (Fsp3) is 0.667. The number of hydrogen-bond acceptors (Lipinski definition) is 3. The molecule has 0 aromatic carbocycles. The Hall–Kier alpha value is -0.280. The molecular weight excluding hydrogens is 206 g/mol. The summed E-state index contributed by atoms with van der Waals surface area (Å²) in [5.41, 5.74) is 0. The summed E-state index contributed by atoms with van der Waals surface area (Å²) in [5.74, 6) is 0. The zero-order valence-corrected chi connectivity index (χ0v) is 9.33. The number of thiazole rings is 1. The highest BCUT2D eigenvalue weighted by atomic mass is 35.5. The van der Waals surface area contributed by atoms with E-state index in [1.54, 1.807) is 5.38 Å². The first kappa shape index (κ1) is 10.8. The third-order valence-corrected chi connectivity index (χ3v) is 2.75. The Morgan fingerprint density at radius 1 is 1.46 bits per heavy atom. The van der Waals surface area contributed by atoms with E-state index >= 15 is 0 Å². The second kappa shape index (κ2) is 6.22. The number of ether oxygens (including phenoxy) is 1. The lowest BCUT2D eigenvalue weighted by Crippen LogP contribution is -1.96. The lowest BCUT2D eigenvalue weighted by atomic mass is 10.2. The smallest absolute Gasteiger partial charge is 0.274 e. The van der Waals surface area contributed by atoms with Crippen LogP contribution in [0.1, 0.15) is 32.6 Å². The summed E-state index contributed by atoms with van der Waals surface area (Å²) in [6.07, 6.45) is 4.87. The van der Waals surface area contributed by atoms with Crippen LogP contribution in [-0.2, 0) is 0 Å². The Balaban J connectivity index is 2.06. The van der Waals surface area contributed by atoms with E-state index in [4.69, 9.17) is 16.3 Å². The Kier molecular flexibility index (Phi) is 5.16. The zero-order valence-electron chi connectivity index (χ0n) is 7.75. The molecule has 0 fully saturated rings. The van der Waals surface area contributed by atoms with E-state index in [1.165, 1.54) is 30.6 Å². The molecule has 0 radical (unpaired) electrons. The molecule has 74 valence electrons. The fourth-order valence-electron chi connectivity index (χ4n) is 0.994. The Labute approximate surface area is 87.9 Å². The number of hydrogen-bond donors (Lipinski definition) is 0. The van der Waals surface area contributed by atoms with Crippen molar-refractivity contribution in [3.8, 4) is 5.19 Å². The zero-order chi connectivity index (χ0) is 9.52. The van der Waals surface area contributed by atoms with Crippen LogP contribution < -0.4 is 4.74 Å². The van der Waals surface area contributed by atoms with Gasteiger partial charge in [0.15, 0.2) is 0 Å². The highest BCUT2D eigenvalue weighted by molar-refractivity contribution is 7.11. The van der Waals surface area contributed by atoms with Gasteiger partial charge >= 0.3 is 0 Å². The molecule has 0 aliphatic heterocycles. The van der Waals surface area contributed by atoms with Crippen LogP contribution in [-0.4, -0.2) is 11.6 Å². The molecular formula is C9H14ClNOS. The van der Waals surface area contributed by atoms with E-state index in [0.29, 0.717) is 10.3 Å². The number of aromatic nitrogens is 1. The molecule has 13 heavy (non-hydrogen) atoms. The maximum absolute atomic E-state index is 5.64. The first-order valence-electron chi connectivity index (χ1n) is 4.56. The van der Waals surface area contributed by atoms with E-state index in [2.05, 4.69) is 11.9 Å². The summed E-state index contributed by atoms with van der Waals surface area (Å²) < 4.78 is 5.40. The topological polar surface area (TPSA) is 22.1 Å². The van der Waals surface area contributed by atoms with Crippen molar-refractivity contribution in [2.45, 2.75) is 32.6 Å². The van der Waals surface area contributed by atoms with Gasteiger partial charge in [-0.2, -0.15) is 4.98 Å². The number of halogens is 1. The normalized spacial score (nSPS) is 10.3. The Morgan fingerprint density at radius 3 is 2.92 bits per heavy atom. The van der Waals surface area contributed by atoms with Crippen molar-refractivity contribution in [2.75, 3.05) is 6.61 Å². The first-order valence-corrected chi connectivity index (χ1v) is 5.82. The number of unbranched alkanes of at least 4 members (excludes halogenated alkanes) is 3. The summed E-state index contributed by atoms with van der Waals surface area (Å²) in [5, 5.41) is 2.98. The molecule has 1 aromatic heterocycles. The quantitative estimate of drug-likeness (QED) is 0.680. The average Bonchev–Trinajstić information content (AvgIpc) is 2.51. The van der Waals surface area contributed by atoms with E-state index in [1.807, 2.05) is 0 Å². The van der Waals surface area contributed by atoms with Gasteiger partial charge in [0.2, 0.25) is 0 Å². The van der Waals surface area contributed by atoms with Crippen LogP contribution in [0.5, 0.6) is 5.19 Å². The van der Waals surface area contributed by atoms with Gasteiger partial charge in [-0.25, -0.2) is 0 Å². The third-order valence-electron chi connectivity index (χ3n) is 1.68. The molecule has 1 aromatic rings. The standard InChI is InChI=1S/C9H14ClNOS/c1-2-3-4-5-6-12-9-11-8(10)7-13-9/h7H,2-6H2,1H3. The highest BCUT2D eigenvalue weighted by Crippen LogP contribution is 2.21. The Bertz CT molecular complexity index is 239. The van der Waals surface area contributed by atoms with Crippen LogP contribution in [0.3, 0.4) is 0 Å². The highest BCUT2D eigenvalue weighted by Gasteiger charge is 1.99. The molecule has 4 heteroatoms. The van der Waals surface area contributed by atoms with Gasteiger partial charge < -0.3 is 4.74 Å². The molecule has 0 aliphatic carbocycles. The SMILES string of the molecule is CCCCCCOc1nc(Cl)cs1. The van der Waals surface area contributed by atoms with Crippen LogP contribution >= 0.6 is 22.9 Å². The summed E-state index contributed by atoms with van der Waals surface area (Å²) >= 11 is 7.09. The second-order valence-corrected chi connectivity index (χ2v) is 4.05. The first-order chi connectivity index (χ1) is 6.33. The molecule has 0 amide bonds. The minimum absolute atomic E-state index is 0.522. The molecule has 0 atom stereocenters. The molecule has 1 rings (SSSR count). The maximum Gasteiger partial charge on any atom is 0.274 e. The van der Waals surface area contributed by atoms with Crippen LogP contribution in [0.2, 0.25) is 5.15 Å². The van der Waals surface area contributed by atoms with Gasteiger partial charge in [0.25, 0.3) is 5.19 Å². The van der Waals surface area contributed by atoms with E-state index in [-0.39, 0.29) is 0 Å². The van der Waals surface area contributed by atoms with Crippen molar-refractivity contribution in [3.05, 3.63) is 10.5 Å². The molecule has 1 heterocycles. The summed E-state index contributed by atoms with van der Waals surface area (Å²) in [6.45, 7) is 2.95. The van der Waals surface area contributed by atoms with Gasteiger partial charge in [-0.15, -0.1) is 0 Å². The molecule has 0 N–H and O–H groups in total. The molecule has 0 aliphatic rings. The largest absolute Gasteiger partial charge is 0.470 e. The van der Waals surface area contributed by atoms with Crippen molar-refractivity contribution >= 4 is 22.9 Å². The maximum atomic E-state index is 5.64. The summed E-state index contributed by atoms with van der Waals surface area (Å²) in [6, 6.07) is 0. The third kappa shape index (κ3) is 4.48. The van der Waals surface area contributed by atoms with Crippen LogP contribution in [0, 0.1) is 0 Å². The van der Waals surface area contributed by atoms with Crippen LogP contribution in [0.25, 0.3) is 0 Å². The minimum Gasteiger partial charge on any atom is -0.470 e. The molecule has 0 spiro atoms. The predicted molar refractivity (Wildman–Crippen MR) is 56.8 cm³/mol. The molecule has 0 bridgehead atoms. The lowest BCUT2D eigenvalue weighted by molar-refractivity contribution is 0.303.